The molecule has 0 atom stereocenters. The Morgan fingerprint density at radius 1 is 1.67 bits per heavy atom. The van der Waals surface area contributed by atoms with E-state index >= 15 is 0 Å². The number of hydrogen-bond acceptors (Lipinski definition) is 3. The summed E-state index contributed by atoms with van der Waals surface area (Å²) < 4.78 is 1.21. The number of halogens is 1. The van der Waals surface area contributed by atoms with E-state index in [1.54, 1.807) is 0 Å². The molecule has 0 unspecified atom stereocenters. The van der Waals surface area contributed by atoms with Gasteiger partial charge >= 0.3 is 0 Å². The minimum Gasteiger partial charge on any atom is -0.505 e. The second kappa shape index (κ2) is 3.15. The Labute approximate surface area is 74.4 Å². The minimum atomic E-state index is -0.466. The van der Waals surface area contributed by atoms with Crippen LogP contribution < -0.4 is 5.56 Å². The van der Waals surface area contributed by atoms with Crippen LogP contribution in [0, 0.1) is 0 Å². The first-order valence-corrected chi connectivity index (χ1v) is 3.88. The number of aromatic hydroxyl groups is 1. The molecule has 1 aromatic rings. The molecule has 1 heterocycles. The van der Waals surface area contributed by atoms with Crippen LogP contribution in [0.5, 0.6) is 5.75 Å². The van der Waals surface area contributed by atoms with Gasteiger partial charge in [-0.25, -0.2) is 4.68 Å². The van der Waals surface area contributed by atoms with Gasteiger partial charge in [0.05, 0.1) is 12.2 Å². The van der Waals surface area contributed by atoms with E-state index in [0.717, 1.165) is 6.20 Å². The van der Waals surface area contributed by atoms with E-state index in [9.17, 15) is 4.79 Å². The van der Waals surface area contributed by atoms with Gasteiger partial charge in [-0.1, -0.05) is 11.6 Å². The summed E-state index contributed by atoms with van der Waals surface area (Å²) in [6, 6.07) is -0.0596. The van der Waals surface area contributed by atoms with Crippen LogP contribution >= 0.6 is 11.6 Å². The molecule has 0 fully saturated rings. The van der Waals surface area contributed by atoms with Crippen LogP contribution in [0.2, 0.25) is 5.02 Å². The number of nitrogens with zero attached hydrogens (tertiary/aromatic N) is 2. The normalized spacial score (nSPS) is 10.7. The van der Waals surface area contributed by atoms with Gasteiger partial charge in [-0.2, -0.15) is 5.10 Å². The molecule has 4 nitrogen and oxygen atoms in total. The van der Waals surface area contributed by atoms with Gasteiger partial charge in [-0.15, -0.1) is 0 Å². The van der Waals surface area contributed by atoms with Crippen molar-refractivity contribution in [2.75, 3.05) is 0 Å². The fourth-order valence-corrected chi connectivity index (χ4v) is 0.939. The molecule has 0 amide bonds. The largest absolute Gasteiger partial charge is 0.505 e. The highest BCUT2D eigenvalue weighted by Gasteiger charge is 2.09. The molecule has 1 aromatic heterocycles. The molecule has 12 heavy (non-hydrogen) atoms. The number of hydrogen-bond donors (Lipinski definition) is 1. The minimum absolute atomic E-state index is 0.0596. The summed E-state index contributed by atoms with van der Waals surface area (Å²) in [4.78, 5) is 11.2. The van der Waals surface area contributed by atoms with Crippen LogP contribution in [0.25, 0.3) is 0 Å². The van der Waals surface area contributed by atoms with Gasteiger partial charge in [0.2, 0.25) is 0 Å². The standard InChI is InChI=1S/C7H9ClN2O2/c1-4(2)10-7(12)6(8)5(11)3-9-10/h3-4,11H,1-2H3. The van der Waals surface area contributed by atoms with Crippen LogP contribution in [0.4, 0.5) is 0 Å². The smallest absolute Gasteiger partial charge is 0.289 e. The lowest BCUT2D eigenvalue weighted by molar-refractivity contribution is 0.446. The SMILES string of the molecule is CC(C)n1ncc(O)c(Cl)c1=O. The Morgan fingerprint density at radius 3 is 2.75 bits per heavy atom. The van der Waals surface area contributed by atoms with Crippen molar-refractivity contribution in [3.8, 4) is 5.75 Å². The number of aromatic nitrogens is 2. The van der Waals surface area contributed by atoms with Crippen molar-refractivity contribution < 1.29 is 5.11 Å². The highest BCUT2D eigenvalue weighted by atomic mass is 35.5. The second-order valence-electron chi connectivity index (χ2n) is 2.69. The van der Waals surface area contributed by atoms with E-state index in [2.05, 4.69) is 5.10 Å². The summed E-state index contributed by atoms with van der Waals surface area (Å²) in [5.41, 5.74) is -0.466. The Morgan fingerprint density at radius 2 is 2.25 bits per heavy atom. The van der Waals surface area contributed by atoms with E-state index in [0.29, 0.717) is 0 Å². The predicted octanol–water partition coefficient (Wildman–Crippen LogP) is 1.18. The maximum atomic E-state index is 11.2. The first kappa shape index (κ1) is 9.06. The zero-order chi connectivity index (χ0) is 9.30. The molecular weight excluding hydrogens is 180 g/mol. The molecule has 0 radical (unpaired) electrons. The van der Waals surface area contributed by atoms with Crippen molar-refractivity contribution >= 4 is 11.6 Å². The Balaban J connectivity index is 3.37. The molecule has 0 aliphatic heterocycles. The number of rotatable bonds is 1. The van der Waals surface area contributed by atoms with Crippen molar-refractivity contribution in [2.45, 2.75) is 19.9 Å². The van der Waals surface area contributed by atoms with Crippen molar-refractivity contribution in [1.29, 1.82) is 0 Å². The van der Waals surface area contributed by atoms with E-state index in [1.165, 1.54) is 4.68 Å². The second-order valence-corrected chi connectivity index (χ2v) is 3.07. The molecule has 1 rings (SSSR count). The lowest BCUT2D eigenvalue weighted by Gasteiger charge is -2.07. The van der Waals surface area contributed by atoms with Gasteiger partial charge in [0.15, 0.2) is 10.8 Å². The molecule has 0 aliphatic rings. The lowest BCUT2D eigenvalue weighted by atomic mass is 10.4. The third-order valence-electron chi connectivity index (χ3n) is 1.41. The maximum Gasteiger partial charge on any atom is 0.289 e. The van der Waals surface area contributed by atoms with Gasteiger partial charge < -0.3 is 5.11 Å². The van der Waals surface area contributed by atoms with Crippen LogP contribution in [-0.4, -0.2) is 14.9 Å². The van der Waals surface area contributed by atoms with Crippen molar-refractivity contribution in [3.63, 3.8) is 0 Å². The molecule has 66 valence electrons. The molecule has 1 N–H and O–H groups in total. The summed E-state index contributed by atoms with van der Waals surface area (Å²) in [5, 5.41) is 12.5. The topological polar surface area (TPSA) is 55.1 Å². The Bertz CT molecular complexity index is 346. The molecule has 0 aromatic carbocycles. The van der Waals surface area contributed by atoms with Crippen LogP contribution in [0.3, 0.4) is 0 Å². The monoisotopic (exact) mass is 188 g/mol. The highest BCUT2D eigenvalue weighted by molar-refractivity contribution is 6.31. The van der Waals surface area contributed by atoms with Gasteiger partial charge in [0.25, 0.3) is 5.56 Å². The fraction of sp³-hybridized carbons (Fsp3) is 0.429. The van der Waals surface area contributed by atoms with Gasteiger partial charge in [0.1, 0.15) is 0 Å². The summed E-state index contributed by atoms with van der Waals surface area (Å²) in [7, 11) is 0. The van der Waals surface area contributed by atoms with E-state index in [-0.39, 0.29) is 16.8 Å². The summed E-state index contributed by atoms with van der Waals surface area (Å²) in [6.45, 7) is 3.61. The summed E-state index contributed by atoms with van der Waals surface area (Å²) in [5.74, 6) is -0.279. The highest BCUT2D eigenvalue weighted by Crippen LogP contribution is 2.16. The quantitative estimate of drug-likeness (QED) is 0.720. The average molecular weight is 189 g/mol. The Hall–Kier alpha value is -1.03. The molecular formula is C7H9ClN2O2. The van der Waals surface area contributed by atoms with E-state index in [1.807, 2.05) is 13.8 Å². The van der Waals surface area contributed by atoms with Gasteiger partial charge in [0, 0.05) is 0 Å². The fourth-order valence-electron chi connectivity index (χ4n) is 0.804. The molecule has 0 bridgehead atoms. The van der Waals surface area contributed by atoms with Crippen LogP contribution in [-0.2, 0) is 0 Å². The van der Waals surface area contributed by atoms with Gasteiger partial charge in [-0.3, -0.25) is 4.79 Å². The van der Waals surface area contributed by atoms with Crippen molar-refractivity contribution in [2.24, 2.45) is 0 Å². The van der Waals surface area contributed by atoms with Crippen LogP contribution in [0.15, 0.2) is 11.0 Å². The molecule has 0 spiro atoms. The molecule has 0 aliphatic carbocycles. The van der Waals surface area contributed by atoms with Gasteiger partial charge in [-0.05, 0) is 13.8 Å². The summed E-state index contributed by atoms with van der Waals surface area (Å²) >= 11 is 5.50. The van der Waals surface area contributed by atoms with Crippen molar-refractivity contribution in [3.05, 3.63) is 21.6 Å². The van der Waals surface area contributed by atoms with Crippen molar-refractivity contribution in [1.82, 2.24) is 9.78 Å². The molecule has 0 saturated heterocycles. The summed E-state index contributed by atoms with van der Waals surface area (Å²) in [6.07, 6.45) is 1.16. The maximum absolute atomic E-state index is 11.2. The zero-order valence-corrected chi connectivity index (χ0v) is 7.54. The van der Waals surface area contributed by atoms with Crippen LogP contribution in [0.1, 0.15) is 19.9 Å². The average Bonchev–Trinajstić information content (AvgIpc) is 2.00. The third kappa shape index (κ3) is 1.43. The predicted molar refractivity (Wildman–Crippen MR) is 45.6 cm³/mol. The zero-order valence-electron chi connectivity index (χ0n) is 6.78. The molecule has 0 saturated carbocycles. The van der Waals surface area contributed by atoms with E-state index < -0.39 is 5.56 Å². The lowest BCUT2D eigenvalue weighted by Crippen LogP contribution is -2.24. The third-order valence-corrected chi connectivity index (χ3v) is 1.77. The Kier molecular flexibility index (Phi) is 2.38. The first-order valence-electron chi connectivity index (χ1n) is 3.50. The molecule has 5 heteroatoms. The first-order chi connectivity index (χ1) is 5.54. The van der Waals surface area contributed by atoms with E-state index in [4.69, 9.17) is 16.7 Å².